The first-order valence-corrected chi connectivity index (χ1v) is 8.23. The van der Waals surface area contributed by atoms with Crippen molar-refractivity contribution in [2.24, 2.45) is 0 Å². The molecule has 5 heteroatoms. The van der Waals surface area contributed by atoms with Crippen LogP contribution >= 0.6 is 27.3 Å². The van der Waals surface area contributed by atoms with Crippen LogP contribution in [0.15, 0.2) is 22.7 Å². The lowest BCUT2D eigenvalue weighted by Crippen LogP contribution is -2.23. The van der Waals surface area contributed by atoms with Crippen molar-refractivity contribution in [2.45, 2.75) is 33.2 Å². The van der Waals surface area contributed by atoms with E-state index in [1.165, 1.54) is 10.9 Å². The number of aromatic nitrogens is 1. The molecule has 1 heterocycles. The van der Waals surface area contributed by atoms with Gasteiger partial charge in [-0.2, -0.15) is 0 Å². The van der Waals surface area contributed by atoms with Crippen LogP contribution in [-0.4, -0.2) is 11.5 Å². The predicted molar refractivity (Wildman–Crippen MR) is 85.8 cm³/mol. The second kappa shape index (κ2) is 6.78. The Kier molecular flexibility index (Phi) is 5.29. The van der Waals surface area contributed by atoms with Crippen LogP contribution in [-0.2, 0) is 6.42 Å². The monoisotopic (exact) mass is 356 g/mol. The van der Waals surface area contributed by atoms with Crippen LogP contribution in [0.3, 0.4) is 0 Å². The number of likely N-dealkylation sites (N-methyl/N-ethyl adjacent to an activating group) is 1. The zero-order valence-corrected chi connectivity index (χ0v) is 14.2. The Morgan fingerprint density at radius 3 is 2.75 bits per heavy atom. The van der Waals surface area contributed by atoms with Crippen LogP contribution in [0, 0.1) is 19.7 Å². The van der Waals surface area contributed by atoms with Gasteiger partial charge in [0.25, 0.3) is 0 Å². The highest BCUT2D eigenvalue weighted by molar-refractivity contribution is 9.10. The Morgan fingerprint density at radius 2 is 2.15 bits per heavy atom. The molecular weight excluding hydrogens is 339 g/mol. The van der Waals surface area contributed by atoms with E-state index in [0.29, 0.717) is 0 Å². The minimum Gasteiger partial charge on any atom is -0.309 e. The quantitative estimate of drug-likeness (QED) is 0.849. The second-order valence-corrected chi connectivity index (χ2v) is 6.82. The highest BCUT2D eigenvalue weighted by Crippen LogP contribution is 2.30. The van der Waals surface area contributed by atoms with E-state index >= 15 is 0 Å². The van der Waals surface area contributed by atoms with Gasteiger partial charge < -0.3 is 5.32 Å². The predicted octanol–water partition coefficient (Wildman–Crippen LogP) is 4.55. The first-order chi connectivity index (χ1) is 9.51. The van der Waals surface area contributed by atoms with Crippen molar-refractivity contribution < 1.29 is 4.39 Å². The minimum atomic E-state index is -0.198. The summed E-state index contributed by atoms with van der Waals surface area (Å²) in [5, 5.41) is 4.54. The van der Waals surface area contributed by atoms with Crippen LogP contribution in [0.4, 0.5) is 4.39 Å². The molecule has 108 valence electrons. The molecule has 0 bridgehead atoms. The van der Waals surface area contributed by atoms with Crippen LogP contribution in [0.5, 0.6) is 0 Å². The van der Waals surface area contributed by atoms with Gasteiger partial charge in [0.1, 0.15) is 5.82 Å². The van der Waals surface area contributed by atoms with Crippen LogP contribution in [0.2, 0.25) is 0 Å². The number of rotatable bonds is 5. The molecule has 0 amide bonds. The summed E-state index contributed by atoms with van der Waals surface area (Å²) in [6.07, 6.45) is 0.745. The number of nitrogens with one attached hydrogen (secondary N) is 1. The van der Waals surface area contributed by atoms with E-state index in [-0.39, 0.29) is 11.9 Å². The largest absolute Gasteiger partial charge is 0.309 e. The maximum absolute atomic E-state index is 13.4. The summed E-state index contributed by atoms with van der Waals surface area (Å²) in [6.45, 7) is 7.00. The van der Waals surface area contributed by atoms with E-state index in [1.54, 1.807) is 23.5 Å². The average Bonchev–Trinajstić information content (AvgIpc) is 2.72. The molecule has 1 N–H and O–H groups in total. The highest BCUT2D eigenvalue weighted by atomic mass is 79.9. The van der Waals surface area contributed by atoms with Gasteiger partial charge in [-0.3, -0.25) is 0 Å². The van der Waals surface area contributed by atoms with Gasteiger partial charge in [-0.1, -0.05) is 22.9 Å². The molecule has 20 heavy (non-hydrogen) atoms. The molecule has 2 aromatic rings. The van der Waals surface area contributed by atoms with Gasteiger partial charge in [0, 0.05) is 15.4 Å². The first kappa shape index (κ1) is 15.6. The van der Waals surface area contributed by atoms with Gasteiger partial charge >= 0.3 is 0 Å². The fourth-order valence-electron chi connectivity index (χ4n) is 2.29. The minimum absolute atomic E-state index is 0.171. The summed E-state index contributed by atoms with van der Waals surface area (Å²) < 4.78 is 14.4. The molecule has 0 aliphatic heterocycles. The third kappa shape index (κ3) is 3.65. The molecule has 0 saturated carbocycles. The van der Waals surface area contributed by atoms with Gasteiger partial charge in [-0.25, -0.2) is 9.37 Å². The summed E-state index contributed by atoms with van der Waals surface area (Å²) in [5.41, 5.74) is 2.03. The van der Waals surface area contributed by atoms with Crippen molar-refractivity contribution in [3.05, 3.63) is 49.6 Å². The Balaban J connectivity index is 2.30. The molecule has 0 aliphatic carbocycles. The van der Waals surface area contributed by atoms with Gasteiger partial charge in [0.05, 0.1) is 10.7 Å². The number of hydrogen-bond acceptors (Lipinski definition) is 3. The second-order valence-electron chi connectivity index (χ2n) is 4.73. The lowest BCUT2D eigenvalue weighted by Gasteiger charge is -2.18. The number of benzene rings is 1. The molecule has 0 fully saturated rings. The van der Waals surface area contributed by atoms with E-state index in [2.05, 4.69) is 33.2 Å². The number of hydrogen-bond donors (Lipinski definition) is 1. The molecular formula is C15H18BrFN2S. The molecule has 1 atom stereocenters. The Hall–Kier alpha value is -0.780. The highest BCUT2D eigenvalue weighted by Gasteiger charge is 2.18. The topological polar surface area (TPSA) is 24.9 Å². The van der Waals surface area contributed by atoms with Crippen LogP contribution in [0.1, 0.15) is 34.1 Å². The van der Waals surface area contributed by atoms with E-state index in [1.807, 2.05) is 13.8 Å². The Labute approximate surface area is 131 Å². The summed E-state index contributed by atoms with van der Waals surface area (Å²) in [4.78, 5) is 5.73. The zero-order chi connectivity index (χ0) is 14.7. The van der Waals surface area contributed by atoms with Crippen LogP contribution in [0.25, 0.3) is 0 Å². The third-order valence-electron chi connectivity index (χ3n) is 3.14. The van der Waals surface area contributed by atoms with Crippen molar-refractivity contribution in [1.29, 1.82) is 0 Å². The normalized spacial score (nSPS) is 12.7. The maximum Gasteiger partial charge on any atom is 0.123 e. The maximum atomic E-state index is 13.4. The summed E-state index contributed by atoms with van der Waals surface area (Å²) in [6, 6.07) is 5.00. The first-order valence-electron chi connectivity index (χ1n) is 6.62. The molecule has 2 nitrogen and oxygen atoms in total. The van der Waals surface area contributed by atoms with E-state index in [0.717, 1.165) is 33.7 Å². The molecule has 2 rings (SSSR count). The zero-order valence-electron chi connectivity index (χ0n) is 11.8. The lowest BCUT2D eigenvalue weighted by atomic mass is 10.0. The Bertz CT molecular complexity index is 598. The van der Waals surface area contributed by atoms with Gasteiger partial charge in [-0.05, 0) is 50.6 Å². The molecule has 0 aliphatic rings. The SMILES string of the molecule is CCNC(Cc1cc(F)ccc1Br)c1sc(C)nc1C. The van der Waals surface area contributed by atoms with Crippen molar-refractivity contribution in [3.8, 4) is 0 Å². The third-order valence-corrected chi connectivity index (χ3v) is 5.10. The van der Waals surface area contributed by atoms with Gasteiger partial charge in [0.2, 0.25) is 0 Å². The fourth-order valence-corrected chi connectivity index (χ4v) is 3.71. The number of nitrogens with zero attached hydrogens (tertiary/aromatic N) is 1. The lowest BCUT2D eigenvalue weighted by molar-refractivity contribution is 0.550. The fraction of sp³-hybridized carbons (Fsp3) is 0.400. The number of aryl methyl sites for hydroxylation is 2. The van der Waals surface area contributed by atoms with Crippen molar-refractivity contribution in [3.63, 3.8) is 0 Å². The molecule has 1 aromatic carbocycles. The smallest absolute Gasteiger partial charge is 0.123 e. The van der Waals surface area contributed by atoms with E-state index in [9.17, 15) is 4.39 Å². The van der Waals surface area contributed by atoms with E-state index in [4.69, 9.17) is 0 Å². The standard InChI is InChI=1S/C15H18BrFN2S/c1-4-18-14(15-9(2)19-10(3)20-15)8-11-7-12(17)5-6-13(11)16/h5-7,14,18H,4,8H2,1-3H3. The molecule has 0 spiro atoms. The van der Waals surface area contributed by atoms with Crippen LogP contribution < -0.4 is 5.32 Å². The van der Waals surface area contributed by atoms with Crippen molar-refractivity contribution >= 4 is 27.3 Å². The Morgan fingerprint density at radius 1 is 1.40 bits per heavy atom. The number of thiazole rings is 1. The van der Waals surface area contributed by atoms with E-state index < -0.39 is 0 Å². The molecule has 0 saturated heterocycles. The summed E-state index contributed by atoms with van der Waals surface area (Å²) >= 11 is 5.21. The number of halogens is 2. The summed E-state index contributed by atoms with van der Waals surface area (Å²) in [7, 11) is 0. The van der Waals surface area contributed by atoms with Gasteiger partial charge in [0.15, 0.2) is 0 Å². The van der Waals surface area contributed by atoms with Crippen molar-refractivity contribution in [2.75, 3.05) is 6.54 Å². The molecule has 1 aromatic heterocycles. The molecule has 1 unspecified atom stereocenters. The average molecular weight is 357 g/mol. The molecule has 0 radical (unpaired) electrons. The van der Waals surface area contributed by atoms with Gasteiger partial charge in [-0.15, -0.1) is 11.3 Å². The van der Waals surface area contributed by atoms with Crippen molar-refractivity contribution in [1.82, 2.24) is 10.3 Å². The summed E-state index contributed by atoms with van der Waals surface area (Å²) in [5.74, 6) is -0.198.